The highest BCUT2D eigenvalue weighted by molar-refractivity contribution is 7.99. The van der Waals surface area contributed by atoms with Crippen molar-refractivity contribution < 1.29 is 4.74 Å². The van der Waals surface area contributed by atoms with Gasteiger partial charge in [-0.3, -0.25) is 0 Å². The number of hydrogen-bond donors (Lipinski definition) is 1. The van der Waals surface area contributed by atoms with Gasteiger partial charge in [0.15, 0.2) is 0 Å². The zero-order chi connectivity index (χ0) is 23.2. The van der Waals surface area contributed by atoms with E-state index in [0.29, 0.717) is 6.42 Å². The van der Waals surface area contributed by atoms with E-state index in [1.54, 1.807) is 0 Å². The van der Waals surface area contributed by atoms with E-state index in [2.05, 4.69) is 76.0 Å². The van der Waals surface area contributed by atoms with Crippen LogP contribution >= 0.6 is 11.8 Å². The SMILES string of the molecule is Cc1cc2cc(Cc3ccnc(Cc4cccc(OCCCN5CCSCC5)c4)n3)ccc2[nH]1. The van der Waals surface area contributed by atoms with E-state index in [9.17, 15) is 0 Å². The number of ether oxygens (including phenoxy) is 1. The van der Waals surface area contributed by atoms with Crippen LogP contribution in [-0.2, 0) is 12.8 Å². The Morgan fingerprint density at radius 1 is 1.00 bits per heavy atom. The standard InChI is InChI=1S/C28H32N4OS/c1-21-16-24-17-23(6-7-27(24)30-21)18-25-8-9-29-28(31-25)20-22-4-2-5-26(19-22)33-13-3-10-32-11-14-34-15-12-32/h2,4-9,16-17,19,30H,3,10-15,18,20H2,1H3. The molecule has 0 amide bonds. The van der Waals surface area contributed by atoms with Crippen molar-refractivity contribution in [3.05, 3.63) is 89.1 Å². The highest BCUT2D eigenvalue weighted by atomic mass is 32.2. The molecule has 0 radical (unpaired) electrons. The van der Waals surface area contributed by atoms with Gasteiger partial charge in [0.25, 0.3) is 0 Å². The normalized spacial score (nSPS) is 14.5. The summed E-state index contributed by atoms with van der Waals surface area (Å²) in [5.41, 5.74) is 5.84. The number of rotatable bonds is 9. The van der Waals surface area contributed by atoms with Crippen molar-refractivity contribution in [2.45, 2.75) is 26.2 Å². The molecule has 1 fully saturated rings. The Hall–Kier alpha value is -2.83. The number of aryl methyl sites for hydroxylation is 1. The molecular weight excluding hydrogens is 440 g/mol. The van der Waals surface area contributed by atoms with E-state index >= 15 is 0 Å². The van der Waals surface area contributed by atoms with E-state index in [-0.39, 0.29) is 0 Å². The maximum absolute atomic E-state index is 6.04. The zero-order valence-electron chi connectivity index (χ0n) is 19.8. The molecule has 2 aromatic heterocycles. The average Bonchev–Trinajstić information content (AvgIpc) is 3.22. The van der Waals surface area contributed by atoms with Crippen LogP contribution in [0.4, 0.5) is 0 Å². The van der Waals surface area contributed by atoms with Crippen LogP contribution in [0.5, 0.6) is 5.75 Å². The van der Waals surface area contributed by atoms with Crippen LogP contribution < -0.4 is 4.74 Å². The summed E-state index contributed by atoms with van der Waals surface area (Å²) in [5, 5.41) is 1.25. The van der Waals surface area contributed by atoms with E-state index < -0.39 is 0 Å². The fourth-order valence-corrected chi connectivity index (χ4v) is 5.48. The lowest BCUT2D eigenvalue weighted by molar-refractivity contribution is 0.248. The summed E-state index contributed by atoms with van der Waals surface area (Å²) in [5.74, 6) is 4.29. The molecule has 5 rings (SSSR count). The monoisotopic (exact) mass is 472 g/mol. The maximum Gasteiger partial charge on any atom is 0.132 e. The fraction of sp³-hybridized carbons (Fsp3) is 0.357. The molecule has 0 unspecified atom stereocenters. The number of fused-ring (bicyclic) bond motifs is 1. The number of nitrogens with zero attached hydrogens (tertiary/aromatic N) is 3. The van der Waals surface area contributed by atoms with Crippen LogP contribution in [0.2, 0.25) is 0 Å². The molecule has 4 aromatic rings. The number of nitrogens with one attached hydrogen (secondary N) is 1. The highest BCUT2D eigenvalue weighted by Crippen LogP contribution is 2.20. The number of thioether (sulfide) groups is 1. The van der Waals surface area contributed by atoms with E-state index in [0.717, 1.165) is 43.3 Å². The fourth-order valence-electron chi connectivity index (χ4n) is 4.50. The number of benzene rings is 2. The molecule has 0 spiro atoms. The molecule has 3 heterocycles. The van der Waals surface area contributed by atoms with Gasteiger partial charge in [0.05, 0.1) is 6.61 Å². The summed E-state index contributed by atoms with van der Waals surface area (Å²) in [4.78, 5) is 15.3. The molecule has 0 aliphatic carbocycles. The lowest BCUT2D eigenvalue weighted by Gasteiger charge is -2.25. The largest absolute Gasteiger partial charge is 0.494 e. The Kier molecular flexibility index (Phi) is 7.46. The van der Waals surface area contributed by atoms with Gasteiger partial charge in [0.1, 0.15) is 11.6 Å². The van der Waals surface area contributed by atoms with Crippen molar-refractivity contribution in [3.63, 3.8) is 0 Å². The summed E-state index contributed by atoms with van der Waals surface area (Å²) in [6.07, 6.45) is 4.44. The molecule has 1 aliphatic rings. The Morgan fingerprint density at radius 3 is 2.79 bits per heavy atom. The third-order valence-electron chi connectivity index (χ3n) is 6.22. The predicted octanol–water partition coefficient (Wildman–Crippen LogP) is 5.27. The van der Waals surface area contributed by atoms with Crippen molar-refractivity contribution >= 4 is 22.7 Å². The number of H-pyrrole nitrogens is 1. The van der Waals surface area contributed by atoms with Crippen LogP contribution in [0, 0.1) is 6.92 Å². The minimum Gasteiger partial charge on any atom is -0.494 e. The summed E-state index contributed by atoms with van der Waals surface area (Å²) >= 11 is 2.05. The van der Waals surface area contributed by atoms with Gasteiger partial charge in [0.2, 0.25) is 0 Å². The van der Waals surface area contributed by atoms with Gasteiger partial charge >= 0.3 is 0 Å². The van der Waals surface area contributed by atoms with Gasteiger partial charge in [0, 0.05) is 67.1 Å². The van der Waals surface area contributed by atoms with Crippen molar-refractivity contribution in [1.82, 2.24) is 19.9 Å². The van der Waals surface area contributed by atoms with E-state index in [1.165, 1.54) is 52.3 Å². The molecule has 6 heteroatoms. The molecule has 0 saturated carbocycles. The number of hydrogen-bond acceptors (Lipinski definition) is 5. The molecule has 1 aliphatic heterocycles. The first-order valence-corrected chi connectivity index (χ1v) is 13.3. The van der Waals surface area contributed by atoms with Gasteiger partial charge in [-0.05, 0) is 66.3 Å². The molecule has 0 bridgehead atoms. The summed E-state index contributed by atoms with van der Waals surface area (Å²) in [7, 11) is 0. The molecule has 1 N–H and O–H groups in total. The summed E-state index contributed by atoms with van der Waals surface area (Å²) in [6, 6.07) is 19.1. The summed E-state index contributed by atoms with van der Waals surface area (Å²) < 4.78 is 6.04. The first kappa shape index (κ1) is 22.9. The van der Waals surface area contributed by atoms with Crippen molar-refractivity contribution in [3.8, 4) is 5.75 Å². The van der Waals surface area contributed by atoms with E-state index in [4.69, 9.17) is 9.72 Å². The van der Waals surface area contributed by atoms with Crippen LogP contribution in [0.15, 0.2) is 60.8 Å². The molecule has 5 nitrogen and oxygen atoms in total. The Labute approximate surface area is 206 Å². The van der Waals surface area contributed by atoms with Crippen molar-refractivity contribution in [2.75, 3.05) is 37.7 Å². The van der Waals surface area contributed by atoms with Crippen LogP contribution in [0.25, 0.3) is 10.9 Å². The minimum atomic E-state index is 0.701. The lowest BCUT2D eigenvalue weighted by Crippen LogP contribution is -2.33. The lowest BCUT2D eigenvalue weighted by atomic mass is 10.1. The molecule has 0 atom stereocenters. The summed E-state index contributed by atoms with van der Waals surface area (Å²) in [6.45, 7) is 6.38. The second kappa shape index (κ2) is 11.1. The minimum absolute atomic E-state index is 0.701. The van der Waals surface area contributed by atoms with Crippen LogP contribution in [-0.4, -0.2) is 57.6 Å². The Bertz CT molecular complexity index is 1230. The molecule has 34 heavy (non-hydrogen) atoms. The molecular formula is C28H32N4OS. The second-order valence-electron chi connectivity index (χ2n) is 9.00. The van der Waals surface area contributed by atoms with E-state index in [1.807, 2.05) is 18.3 Å². The van der Waals surface area contributed by atoms with Gasteiger partial charge < -0.3 is 14.6 Å². The van der Waals surface area contributed by atoms with Gasteiger partial charge in [-0.2, -0.15) is 11.8 Å². The Balaban J connectivity index is 1.17. The maximum atomic E-state index is 6.04. The first-order chi connectivity index (χ1) is 16.7. The quantitative estimate of drug-likeness (QED) is 0.337. The first-order valence-electron chi connectivity index (χ1n) is 12.1. The van der Waals surface area contributed by atoms with Gasteiger partial charge in [-0.25, -0.2) is 9.97 Å². The van der Waals surface area contributed by atoms with Gasteiger partial charge in [-0.1, -0.05) is 18.2 Å². The molecule has 176 valence electrons. The smallest absolute Gasteiger partial charge is 0.132 e. The van der Waals surface area contributed by atoms with Gasteiger partial charge in [-0.15, -0.1) is 0 Å². The topological polar surface area (TPSA) is 54.0 Å². The molecule has 1 saturated heterocycles. The van der Waals surface area contributed by atoms with Crippen LogP contribution in [0.1, 0.15) is 34.8 Å². The van der Waals surface area contributed by atoms with Crippen molar-refractivity contribution in [2.24, 2.45) is 0 Å². The predicted molar refractivity (Wildman–Crippen MR) is 141 cm³/mol. The van der Waals surface area contributed by atoms with Crippen molar-refractivity contribution in [1.29, 1.82) is 0 Å². The average molecular weight is 473 g/mol. The number of aromatic nitrogens is 3. The van der Waals surface area contributed by atoms with Crippen LogP contribution in [0.3, 0.4) is 0 Å². The third-order valence-corrected chi connectivity index (χ3v) is 7.16. The Morgan fingerprint density at radius 2 is 1.88 bits per heavy atom. The number of aromatic amines is 1. The molecule has 2 aromatic carbocycles. The zero-order valence-corrected chi connectivity index (χ0v) is 20.6. The highest BCUT2D eigenvalue weighted by Gasteiger charge is 2.10. The second-order valence-corrected chi connectivity index (χ2v) is 10.2. The third kappa shape index (κ3) is 6.19.